The third-order valence-electron chi connectivity index (χ3n) is 3.89. The second-order valence-corrected chi connectivity index (χ2v) is 6.81. The lowest BCUT2D eigenvalue weighted by atomic mass is 9.87. The predicted octanol–water partition coefficient (Wildman–Crippen LogP) is 0.639. The van der Waals surface area contributed by atoms with E-state index in [0.29, 0.717) is 6.61 Å². The molecule has 1 fully saturated rings. The Morgan fingerprint density at radius 1 is 1.19 bits per heavy atom. The second-order valence-electron chi connectivity index (χ2n) is 6.81. The molecule has 0 unspecified atom stereocenters. The van der Waals surface area contributed by atoms with E-state index >= 15 is 0 Å². The van der Waals surface area contributed by atoms with Crippen LogP contribution in [0.4, 0.5) is 0 Å². The molecule has 1 aliphatic heterocycles. The van der Waals surface area contributed by atoms with Gasteiger partial charge < -0.3 is 19.5 Å². The standard InChI is InChI=1S/C17H27NO3/c1-17(2,3)14-4-6-16(7-5-14)21-13-15(19)12-18-8-10-20-11-9-18/h4-7,15,19H,8-13H2,1-3H3/p+1/t15-/m1/s1. The molecule has 0 spiro atoms. The highest BCUT2D eigenvalue weighted by molar-refractivity contribution is 5.31. The number of hydrogen-bond donors (Lipinski definition) is 2. The third kappa shape index (κ3) is 5.30. The van der Waals surface area contributed by atoms with E-state index in [2.05, 4.69) is 32.9 Å². The Bertz CT molecular complexity index is 419. The average Bonchev–Trinajstić information content (AvgIpc) is 2.46. The first-order chi connectivity index (χ1) is 9.95. The van der Waals surface area contributed by atoms with Crippen molar-refractivity contribution in [2.24, 2.45) is 0 Å². The van der Waals surface area contributed by atoms with Crippen LogP contribution in [-0.4, -0.2) is 50.7 Å². The summed E-state index contributed by atoms with van der Waals surface area (Å²) in [6.07, 6.45) is -0.430. The van der Waals surface area contributed by atoms with Crippen molar-refractivity contribution in [1.29, 1.82) is 0 Å². The van der Waals surface area contributed by atoms with Crippen molar-refractivity contribution in [3.63, 3.8) is 0 Å². The van der Waals surface area contributed by atoms with Gasteiger partial charge in [-0.25, -0.2) is 0 Å². The minimum Gasteiger partial charge on any atom is -0.491 e. The van der Waals surface area contributed by atoms with Gasteiger partial charge in [-0.2, -0.15) is 0 Å². The molecule has 0 aliphatic carbocycles. The zero-order valence-electron chi connectivity index (χ0n) is 13.4. The lowest BCUT2D eigenvalue weighted by Crippen LogP contribution is -3.15. The highest BCUT2D eigenvalue weighted by Gasteiger charge is 2.19. The Kier molecular flexibility index (Phi) is 5.62. The normalized spacial score (nSPS) is 18.5. The molecule has 118 valence electrons. The van der Waals surface area contributed by atoms with Crippen molar-refractivity contribution in [3.05, 3.63) is 29.8 Å². The van der Waals surface area contributed by atoms with Crippen LogP contribution in [-0.2, 0) is 10.2 Å². The number of aliphatic hydroxyl groups excluding tert-OH is 1. The van der Waals surface area contributed by atoms with Crippen molar-refractivity contribution >= 4 is 0 Å². The SMILES string of the molecule is CC(C)(C)c1ccc(OC[C@H](O)C[NH+]2CCOCC2)cc1. The number of nitrogens with one attached hydrogen (secondary N) is 1. The van der Waals surface area contributed by atoms with E-state index in [1.54, 1.807) is 0 Å². The number of rotatable bonds is 5. The largest absolute Gasteiger partial charge is 0.491 e. The topological polar surface area (TPSA) is 43.1 Å². The molecule has 21 heavy (non-hydrogen) atoms. The zero-order valence-corrected chi connectivity index (χ0v) is 13.4. The van der Waals surface area contributed by atoms with Crippen molar-refractivity contribution in [2.75, 3.05) is 39.5 Å². The maximum atomic E-state index is 10.1. The zero-order chi connectivity index (χ0) is 15.3. The van der Waals surface area contributed by atoms with Crippen LogP contribution in [0.2, 0.25) is 0 Å². The van der Waals surface area contributed by atoms with Gasteiger partial charge in [-0.3, -0.25) is 0 Å². The van der Waals surface area contributed by atoms with Crippen LogP contribution in [0.15, 0.2) is 24.3 Å². The third-order valence-corrected chi connectivity index (χ3v) is 3.89. The predicted molar refractivity (Wildman–Crippen MR) is 83.0 cm³/mol. The van der Waals surface area contributed by atoms with Gasteiger partial charge in [0.2, 0.25) is 0 Å². The summed E-state index contributed by atoms with van der Waals surface area (Å²) in [4.78, 5) is 1.39. The monoisotopic (exact) mass is 294 g/mol. The molecule has 4 nitrogen and oxygen atoms in total. The van der Waals surface area contributed by atoms with E-state index in [0.717, 1.165) is 38.6 Å². The van der Waals surface area contributed by atoms with Crippen LogP contribution < -0.4 is 9.64 Å². The van der Waals surface area contributed by atoms with Crippen molar-refractivity contribution in [2.45, 2.75) is 32.3 Å². The number of hydrogen-bond acceptors (Lipinski definition) is 3. The lowest BCUT2D eigenvalue weighted by Gasteiger charge is -2.25. The fourth-order valence-electron chi connectivity index (χ4n) is 2.50. The minimum atomic E-state index is -0.430. The maximum absolute atomic E-state index is 10.1. The van der Waals surface area contributed by atoms with Gasteiger partial charge >= 0.3 is 0 Å². The molecule has 1 aromatic rings. The molecule has 1 saturated heterocycles. The van der Waals surface area contributed by atoms with Gasteiger partial charge in [0.1, 0.15) is 38.1 Å². The molecule has 1 aromatic carbocycles. The molecule has 0 amide bonds. The number of benzene rings is 1. The molecule has 0 saturated carbocycles. The van der Waals surface area contributed by atoms with E-state index in [1.165, 1.54) is 10.5 Å². The Hall–Kier alpha value is -1.10. The van der Waals surface area contributed by atoms with Crippen LogP contribution in [0.1, 0.15) is 26.3 Å². The molecule has 4 heteroatoms. The molecule has 1 aliphatic rings. The van der Waals surface area contributed by atoms with Crippen molar-refractivity contribution in [3.8, 4) is 5.75 Å². The Balaban J connectivity index is 1.76. The summed E-state index contributed by atoms with van der Waals surface area (Å²) in [6.45, 7) is 11.2. The van der Waals surface area contributed by atoms with Gasteiger partial charge in [0.05, 0.1) is 13.2 Å². The summed E-state index contributed by atoms with van der Waals surface area (Å²) in [5, 5.41) is 10.1. The van der Waals surface area contributed by atoms with Gasteiger partial charge in [0.25, 0.3) is 0 Å². The summed E-state index contributed by atoms with van der Waals surface area (Å²) in [7, 11) is 0. The van der Waals surface area contributed by atoms with Gasteiger partial charge in [-0.1, -0.05) is 32.9 Å². The summed E-state index contributed by atoms with van der Waals surface area (Å²) in [5.74, 6) is 0.819. The van der Waals surface area contributed by atoms with Crippen LogP contribution in [0.25, 0.3) is 0 Å². The number of quaternary nitrogens is 1. The van der Waals surface area contributed by atoms with Crippen molar-refractivity contribution < 1.29 is 19.5 Å². The van der Waals surface area contributed by atoms with E-state index in [4.69, 9.17) is 9.47 Å². The quantitative estimate of drug-likeness (QED) is 0.837. The molecule has 1 atom stereocenters. The fraction of sp³-hybridized carbons (Fsp3) is 0.647. The first-order valence-electron chi connectivity index (χ1n) is 7.78. The van der Waals surface area contributed by atoms with Crippen LogP contribution in [0, 0.1) is 0 Å². The summed E-state index contributed by atoms with van der Waals surface area (Å²) in [5.41, 5.74) is 1.44. The van der Waals surface area contributed by atoms with Gasteiger partial charge in [-0.15, -0.1) is 0 Å². The Morgan fingerprint density at radius 2 is 1.81 bits per heavy atom. The second kappa shape index (κ2) is 7.25. The molecule has 0 bridgehead atoms. The van der Waals surface area contributed by atoms with Crippen LogP contribution in [0.3, 0.4) is 0 Å². The highest BCUT2D eigenvalue weighted by Crippen LogP contribution is 2.24. The maximum Gasteiger partial charge on any atom is 0.137 e. The first-order valence-corrected chi connectivity index (χ1v) is 7.78. The smallest absolute Gasteiger partial charge is 0.137 e. The summed E-state index contributed by atoms with van der Waals surface area (Å²) < 4.78 is 11.0. The van der Waals surface area contributed by atoms with Crippen LogP contribution in [0.5, 0.6) is 5.75 Å². The Morgan fingerprint density at radius 3 is 2.38 bits per heavy atom. The average molecular weight is 294 g/mol. The lowest BCUT2D eigenvalue weighted by molar-refractivity contribution is -0.911. The molecule has 2 rings (SSSR count). The van der Waals surface area contributed by atoms with Gasteiger partial charge in [-0.05, 0) is 23.1 Å². The van der Waals surface area contributed by atoms with E-state index in [9.17, 15) is 5.11 Å². The highest BCUT2D eigenvalue weighted by atomic mass is 16.5. The van der Waals surface area contributed by atoms with Gasteiger partial charge in [0, 0.05) is 0 Å². The number of aliphatic hydroxyl groups is 1. The summed E-state index contributed by atoms with van der Waals surface area (Å²) in [6, 6.07) is 8.15. The molecule has 1 heterocycles. The minimum absolute atomic E-state index is 0.151. The Labute approximate surface area is 127 Å². The molecular formula is C17H28NO3+. The van der Waals surface area contributed by atoms with E-state index in [1.807, 2.05) is 12.1 Å². The van der Waals surface area contributed by atoms with E-state index in [-0.39, 0.29) is 5.41 Å². The van der Waals surface area contributed by atoms with Gasteiger partial charge in [0.15, 0.2) is 0 Å². The summed E-state index contributed by atoms with van der Waals surface area (Å²) >= 11 is 0. The van der Waals surface area contributed by atoms with Crippen LogP contribution >= 0.6 is 0 Å². The molecule has 2 N–H and O–H groups in total. The molecule has 0 aromatic heterocycles. The number of morpholine rings is 1. The fourth-order valence-corrected chi connectivity index (χ4v) is 2.50. The first kappa shape index (κ1) is 16.3. The van der Waals surface area contributed by atoms with E-state index < -0.39 is 6.10 Å². The van der Waals surface area contributed by atoms with Crippen molar-refractivity contribution in [1.82, 2.24) is 0 Å². The number of ether oxygens (including phenoxy) is 2. The molecule has 0 radical (unpaired) electrons. The molecular weight excluding hydrogens is 266 g/mol.